The number of halogens is 1. The average molecular weight is 543 g/mol. The minimum atomic E-state index is -0.474. The maximum Gasteiger partial charge on any atom is 0.273 e. The molecule has 1 aliphatic heterocycles. The highest BCUT2D eigenvalue weighted by atomic mass is 19.1. The third kappa shape index (κ3) is 5.64. The van der Waals surface area contributed by atoms with Gasteiger partial charge in [0.05, 0.1) is 23.3 Å². The Balaban J connectivity index is 0.982. The molecule has 10 nitrogen and oxygen atoms in total. The van der Waals surface area contributed by atoms with Gasteiger partial charge in [-0.3, -0.25) is 9.78 Å². The first-order valence-electron chi connectivity index (χ1n) is 13.0. The van der Waals surface area contributed by atoms with Crippen LogP contribution in [0.1, 0.15) is 27.9 Å². The van der Waals surface area contributed by atoms with E-state index in [9.17, 15) is 9.18 Å². The molecule has 0 atom stereocenters. The highest BCUT2D eigenvalue weighted by Gasteiger charge is 2.17. The van der Waals surface area contributed by atoms with Gasteiger partial charge in [-0.2, -0.15) is 0 Å². The largest absolute Gasteiger partial charge is 0.486 e. The van der Waals surface area contributed by atoms with Crippen LogP contribution >= 0.6 is 0 Å². The molecule has 204 valence electrons. The Hall–Kier alpha value is -4.77. The van der Waals surface area contributed by atoms with E-state index in [4.69, 9.17) is 18.9 Å². The zero-order valence-electron chi connectivity index (χ0n) is 21.6. The molecule has 3 N–H and O–H groups in total. The molecule has 0 unspecified atom stereocenters. The lowest BCUT2D eigenvalue weighted by atomic mass is 10.0. The number of amides is 1. The maximum absolute atomic E-state index is 13.7. The second-order valence-electron chi connectivity index (χ2n) is 9.24. The predicted molar refractivity (Wildman–Crippen MR) is 145 cm³/mol. The predicted octanol–water partition coefficient (Wildman–Crippen LogP) is 3.83. The fraction of sp³-hybridized carbons (Fsp3) is 0.241. The molecule has 1 amide bonds. The number of H-pyrrole nitrogens is 1. The third-order valence-corrected chi connectivity index (χ3v) is 6.50. The van der Waals surface area contributed by atoms with E-state index in [-0.39, 0.29) is 17.9 Å². The minimum absolute atomic E-state index is 0.0318. The third-order valence-electron chi connectivity index (χ3n) is 6.50. The first-order chi connectivity index (χ1) is 19.6. The van der Waals surface area contributed by atoms with Gasteiger partial charge in [0.25, 0.3) is 5.91 Å². The Morgan fingerprint density at radius 2 is 1.93 bits per heavy atom. The summed E-state index contributed by atoms with van der Waals surface area (Å²) in [4.78, 5) is 28.6. The SMILES string of the molecule is O=C(NCc1ncccc1F)c1coc(CCNCCc2nc3cc(-c4cccc5c4OCCO5)ccc3[nH]2)n1. The number of para-hydroxylation sites is 1. The van der Waals surface area contributed by atoms with Gasteiger partial charge in [0, 0.05) is 37.7 Å². The van der Waals surface area contributed by atoms with Crippen LogP contribution in [0.25, 0.3) is 22.2 Å². The highest BCUT2D eigenvalue weighted by Crippen LogP contribution is 2.40. The van der Waals surface area contributed by atoms with E-state index in [1.165, 1.54) is 24.6 Å². The lowest BCUT2D eigenvalue weighted by Crippen LogP contribution is -2.24. The van der Waals surface area contributed by atoms with Gasteiger partial charge in [0.15, 0.2) is 23.1 Å². The first kappa shape index (κ1) is 25.5. The van der Waals surface area contributed by atoms with Gasteiger partial charge >= 0.3 is 0 Å². The number of carbonyl (C=O) groups excluding carboxylic acids is 1. The molecule has 0 radical (unpaired) electrons. The zero-order valence-corrected chi connectivity index (χ0v) is 21.6. The average Bonchev–Trinajstić information content (AvgIpc) is 3.63. The van der Waals surface area contributed by atoms with Crippen molar-refractivity contribution in [2.24, 2.45) is 0 Å². The fourth-order valence-electron chi connectivity index (χ4n) is 4.51. The van der Waals surface area contributed by atoms with E-state index in [1.807, 2.05) is 24.3 Å². The van der Waals surface area contributed by atoms with Crippen LogP contribution in [0.15, 0.2) is 65.4 Å². The van der Waals surface area contributed by atoms with E-state index in [2.05, 4.69) is 37.7 Å². The molecule has 5 aromatic rings. The van der Waals surface area contributed by atoms with Crippen molar-refractivity contribution in [2.45, 2.75) is 19.4 Å². The Morgan fingerprint density at radius 1 is 1.02 bits per heavy atom. The number of nitrogens with zero attached hydrogens (tertiary/aromatic N) is 3. The van der Waals surface area contributed by atoms with E-state index >= 15 is 0 Å². The van der Waals surface area contributed by atoms with Crippen LogP contribution in [0.3, 0.4) is 0 Å². The van der Waals surface area contributed by atoms with Gasteiger partial charge in [-0.05, 0) is 35.9 Å². The Bertz CT molecular complexity index is 1650. The van der Waals surface area contributed by atoms with Gasteiger partial charge in [-0.1, -0.05) is 18.2 Å². The number of hydrogen-bond donors (Lipinski definition) is 3. The number of fused-ring (bicyclic) bond motifs is 2. The van der Waals surface area contributed by atoms with E-state index < -0.39 is 11.7 Å². The molecule has 4 heterocycles. The molecule has 0 saturated heterocycles. The molecular formula is C29H27FN6O4. The Labute approximate surface area is 229 Å². The van der Waals surface area contributed by atoms with E-state index in [1.54, 1.807) is 0 Å². The number of rotatable bonds is 10. The van der Waals surface area contributed by atoms with Gasteiger partial charge < -0.3 is 29.5 Å². The molecule has 0 aliphatic carbocycles. The number of oxazole rings is 1. The summed E-state index contributed by atoms with van der Waals surface area (Å²) in [5.74, 6) is 1.93. The van der Waals surface area contributed by atoms with Crippen LogP contribution in [0, 0.1) is 5.82 Å². The smallest absolute Gasteiger partial charge is 0.273 e. The summed E-state index contributed by atoms with van der Waals surface area (Å²) in [7, 11) is 0. The second kappa shape index (κ2) is 11.5. The number of aromatic nitrogens is 4. The van der Waals surface area contributed by atoms with Crippen LogP contribution in [0.4, 0.5) is 4.39 Å². The van der Waals surface area contributed by atoms with Crippen LogP contribution < -0.4 is 20.1 Å². The van der Waals surface area contributed by atoms with Crippen LogP contribution in [0.2, 0.25) is 0 Å². The van der Waals surface area contributed by atoms with Crippen molar-refractivity contribution in [2.75, 3.05) is 26.3 Å². The van der Waals surface area contributed by atoms with Crippen molar-refractivity contribution in [3.8, 4) is 22.6 Å². The van der Waals surface area contributed by atoms with Crippen molar-refractivity contribution in [3.63, 3.8) is 0 Å². The first-order valence-corrected chi connectivity index (χ1v) is 13.0. The van der Waals surface area contributed by atoms with Crippen molar-refractivity contribution in [1.82, 2.24) is 30.6 Å². The van der Waals surface area contributed by atoms with Gasteiger partial charge in [-0.25, -0.2) is 14.4 Å². The quantitative estimate of drug-likeness (QED) is 0.227. The summed E-state index contributed by atoms with van der Waals surface area (Å²) in [5.41, 5.74) is 4.17. The van der Waals surface area contributed by atoms with E-state index in [0.717, 1.165) is 39.5 Å². The van der Waals surface area contributed by atoms with Crippen molar-refractivity contribution in [1.29, 1.82) is 0 Å². The number of pyridine rings is 1. The lowest BCUT2D eigenvalue weighted by molar-refractivity contribution is 0.0945. The summed E-state index contributed by atoms with van der Waals surface area (Å²) in [5, 5.41) is 5.95. The highest BCUT2D eigenvalue weighted by molar-refractivity contribution is 5.91. The molecule has 2 aromatic carbocycles. The van der Waals surface area contributed by atoms with Crippen LogP contribution in [-0.2, 0) is 19.4 Å². The molecule has 1 aliphatic rings. The normalized spacial score (nSPS) is 12.5. The van der Waals surface area contributed by atoms with E-state index in [0.29, 0.717) is 45.0 Å². The summed E-state index contributed by atoms with van der Waals surface area (Å²) >= 11 is 0. The number of aromatic amines is 1. The maximum atomic E-state index is 13.7. The van der Waals surface area contributed by atoms with Gasteiger partial charge in [0.1, 0.15) is 31.1 Å². The molecule has 6 rings (SSSR count). The van der Waals surface area contributed by atoms with Crippen molar-refractivity contribution in [3.05, 3.63) is 89.9 Å². The summed E-state index contributed by atoms with van der Waals surface area (Å²) in [6.07, 6.45) is 4.00. The molecule has 0 saturated carbocycles. The van der Waals surface area contributed by atoms with Gasteiger partial charge in [-0.15, -0.1) is 0 Å². The Kier molecular flexibility index (Phi) is 7.36. The number of hydrogen-bond acceptors (Lipinski definition) is 8. The fourth-order valence-corrected chi connectivity index (χ4v) is 4.51. The van der Waals surface area contributed by atoms with Gasteiger partial charge in [0.2, 0.25) is 0 Å². The zero-order chi connectivity index (χ0) is 27.3. The molecule has 0 fully saturated rings. The Morgan fingerprint density at radius 3 is 2.85 bits per heavy atom. The minimum Gasteiger partial charge on any atom is -0.486 e. The number of carbonyl (C=O) groups is 1. The van der Waals surface area contributed by atoms with Crippen molar-refractivity contribution >= 4 is 16.9 Å². The standard InChI is InChI=1S/C29H27FN6O4/c30-20-4-2-10-32-23(20)16-33-29(37)24-17-40-27(36-24)9-12-31-11-8-26-34-21-7-6-18(15-22(21)35-26)19-3-1-5-25-28(19)39-14-13-38-25/h1-7,10,15,17,31H,8-9,11-14,16H2,(H,33,37)(H,34,35). The van der Waals surface area contributed by atoms with Crippen LogP contribution in [0.5, 0.6) is 11.5 Å². The number of nitrogens with one attached hydrogen (secondary N) is 3. The molecule has 0 spiro atoms. The lowest BCUT2D eigenvalue weighted by Gasteiger charge is -2.21. The monoisotopic (exact) mass is 542 g/mol. The summed E-state index contributed by atoms with van der Waals surface area (Å²) < 4.78 is 30.7. The van der Waals surface area contributed by atoms with Crippen molar-refractivity contribution < 1.29 is 23.1 Å². The summed E-state index contributed by atoms with van der Waals surface area (Å²) in [6, 6.07) is 14.8. The molecule has 40 heavy (non-hydrogen) atoms. The number of ether oxygens (including phenoxy) is 2. The molecule has 0 bridgehead atoms. The number of benzene rings is 2. The molecule has 3 aromatic heterocycles. The molecule has 11 heteroatoms. The number of imidazole rings is 1. The summed E-state index contributed by atoms with van der Waals surface area (Å²) in [6.45, 7) is 2.38. The molecular weight excluding hydrogens is 515 g/mol. The van der Waals surface area contributed by atoms with Crippen LogP contribution in [-0.4, -0.2) is 52.1 Å². The second-order valence-corrected chi connectivity index (χ2v) is 9.24. The topological polar surface area (TPSA) is 127 Å².